The minimum absolute atomic E-state index is 0.0472. The van der Waals surface area contributed by atoms with Gasteiger partial charge in [0.15, 0.2) is 11.6 Å². The molecule has 1 heterocycles. The third kappa shape index (κ3) is 6.16. The summed E-state index contributed by atoms with van der Waals surface area (Å²) in [5.41, 5.74) is 6.55. The first-order chi connectivity index (χ1) is 17.3. The highest BCUT2D eigenvalue weighted by Gasteiger charge is 2.20. The van der Waals surface area contributed by atoms with Gasteiger partial charge in [-0.3, -0.25) is 9.36 Å². The number of unbranched alkanes of at least 4 members (excludes halogenated alkanes) is 3. The van der Waals surface area contributed by atoms with E-state index in [0.29, 0.717) is 23.4 Å². The van der Waals surface area contributed by atoms with Crippen LogP contribution in [0.2, 0.25) is 0 Å². The largest absolute Gasteiger partial charge is 0.494 e. The Morgan fingerprint density at radius 1 is 1.08 bits per heavy atom. The van der Waals surface area contributed by atoms with E-state index in [-0.39, 0.29) is 34.2 Å². The van der Waals surface area contributed by atoms with Crippen LogP contribution in [-0.4, -0.2) is 22.7 Å². The second-order valence-corrected chi connectivity index (χ2v) is 8.89. The Morgan fingerprint density at radius 3 is 2.42 bits per heavy atom. The Hall–Kier alpha value is -3.57. The molecule has 2 aromatic carbocycles. The van der Waals surface area contributed by atoms with Gasteiger partial charge in [0.25, 0.3) is 5.56 Å². The third-order valence-corrected chi connectivity index (χ3v) is 6.44. The van der Waals surface area contributed by atoms with E-state index < -0.39 is 11.6 Å². The van der Waals surface area contributed by atoms with E-state index >= 15 is 0 Å². The summed E-state index contributed by atoms with van der Waals surface area (Å²) in [6.45, 7) is 2.08. The predicted octanol–water partition coefficient (Wildman–Crippen LogP) is 5.50. The van der Waals surface area contributed by atoms with Crippen molar-refractivity contribution in [1.29, 1.82) is 5.26 Å². The summed E-state index contributed by atoms with van der Waals surface area (Å²) >= 11 is 0. The van der Waals surface area contributed by atoms with Gasteiger partial charge in [-0.2, -0.15) is 5.26 Å². The lowest BCUT2D eigenvalue weighted by Gasteiger charge is -2.16. The van der Waals surface area contributed by atoms with Crippen molar-refractivity contribution in [3.05, 3.63) is 69.8 Å². The van der Waals surface area contributed by atoms with Crippen molar-refractivity contribution in [1.82, 2.24) is 9.55 Å². The molecule has 8 heteroatoms. The zero-order valence-corrected chi connectivity index (χ0v) is 21.0. The van der Waals surface area contributed by atoms with Crippen molar-refractivity contribution in [2.45, 2.75) is 57.9 Å². The molecule has 0 aliphatic carbocycles. The summed E-state index contributed by atoms with van der Waals surface area (Å²) in [5.74, 6) is -0.731. The van der Waals surface area contributed by atoms with Gasteiger partial charge < -0.3 is 10.5 Å². The van der Waals surface area contributed by atoms with E-state index in [9.17, 15) is 13.6 Å². The van der Waals surface area contributed by atoms with Gasteiger partial charge in [-0.15, -0.1) is 0 Å². The molecule has 1 atom stereocenters. The maximum absolute atomic E-state index is 14.5. The number of ether oxygens (including phenoxy) is 1. The number of nitrogens with zero attached hydrogens (tertiary/aromatic N) is 3. The van der Waals surface area contributed by atoms with Crippen molar-refractivity contribution in [3.8, 4) is 34.2 Å². The van der Waals surface area contributed by atoms with Crippen molar-refractivity contribution in [2.24, 2.45) is 12.8 Å². The van der Waals surface area contributed by atoms with Crippen molar-refractivity contribution >= 4 is 0 Å². The maximum atomic E-state index is 14.5. The first-order valence-corrected chi connectivity index (χ1v) is 12.2. The van der Waals surface area contributed by atoms with Crippen LogP contribution in [0.3, 0.4) is 0 Å². The van der Waals surface area contributed by atoms with Gasteiger partial charge in [-0.1, -0.05) is 38.3 Å². The lowest BCUT2D eigenvalue weighted by Crippen LogP contribution is -2.25. The molecule has 1 aromatic heterocycles. The molecule has 0 saturated carbocycles. The quantitative estimate of drug-likeness (QED) is 0.355. The number of hydrogen-bond acceptors (Lipinski definition) is 5. The molecule has 0 saturated heterocycles. The second-order valence-electron chi connectivity index (χ2n) is 8.89. The highest BCUT2D eigenvalue weighted by atomic mass is 19.1. The van der Waals surface area contributed by atoms with Gasteiger partial charge in [0.05, 0.1) is 23.9 Å². The average Bonchev–Trinajstić information content (AvgIpc) is 2.87. The van der Waals surface area contributed by atoms with E-state index in [1.807, 2.05) is 0 Å². The molecular formula is C28H32F2N4O2. The topological polar surface area (TPSA) is 93.9 Å². The number of nitriles is 1. The van der Waals surface area contributed by atoms with Gasteiger partial charge in [-0.25, -0.2) is 13.8 Å². The highest BCUT2D eigenvalue weighted by molar-refractivity contribution is 5.80. The number of nitrogens with two attached hydrogens (primary N) is 1. The summed E-state index contributed by atoms with van der Waals surface area (Å²) in [6, 6.07) is 10.3. The summed E-state index contributed by atoms with van der Waals surface area (Å²) in [4.78, 5) is 18.3. The fraction of sp³-hybridized carbons (Fsp3) is 0.393. The molecule has 36 heavy (non-hydrogen) atoms. The van der Waals surface area contributed by atoms with Crippen LogP contribution in [0.1, 0.15) is 56.8 Å². The predicted molar refractivity (Wildman–Crippen MR) is 137 cm³/mol. The van der Waals surface area contributed by atoms with E-state index in [1.54, 1.807) is 25.2 Å². The molecule has 0 fully saturated rings. The number of halogens is 2. The molecule has 190 valence electrons. The van der Waals surface area contributed by atoms with Crippen LogP contribution in [0.25, 0.3) is 22.4 Å². The third-order valence-electron chi connectivity index (χ3n) is 6.44. The van der Waals surface area contributed by atoms with Crippen LogP contribution in [0.4, 0.5) is 8.78 Å². The number of aromatic nitrogens is 2. The molecular weight excluding hydrogens is 462 g/mol. The zero-order chi connectivity index (χ0) is 26.2. The maximum Gasteiger partial charge on any atom is 0.261 e. The van der Waals surface area contributed by atoms with Gasteiger partial charge in [0.2, 0.25) is 0 Å². The monoisotopic (exact) mass is 494 g/mol. The molecule has 3 rings (SSSR count). The molecule has 1 unspecified atom stereocenters. The SMILES string of the molecule is CCC(N)CCCCCCc1nc(-c2ccc(C#N)c(F)c2)c(-c2ccc(OC)c(F)c2)c(=O)n1C. The van der Waals surface area contributed by atoms with Gasteiger partial charge >= 0.3 is 0 Å². The molecule has 0 radical (unpaired) electrons. The first-order valence-electron chi connectivity index (χ1n) is 12.2. The standard InChI is InChI=1S/C28H32F2N4O2/c1-4-21(32)9-7-5-6-8-10-25-33-27(19-11-12-20(17-31)22(29)16-19)26(28(35)34(25)2)18-13-14-24(36-3)23(30)15-18/h11-16,21H,4-10,32H2,1-3H3. The smallest absolute Gasteiger partial charge is 0.261 e. The number of benzene rings is 2. The molecule has 3 aromatic rings. The number of aryl methyl sites for hydroxylation is 1. The van der Waals surface area contributed by atoms with Gasteiger partial charge in [0, 0.05) is 25.1 Å². The number of hydrogen-bond donors (Lipinski definition) is 1. The lowest BCUT2D eigenvalue weighted by molar-refractivity contribution is 0.386. The minimum Gasteiger partial charge on any atom is -0.494 e. The van der Waals surface area contributed by atoms with Gasteiger partial charge in [-0.05, 0) is 49.1 Å². The average molecular weight is 495 g/mol. The van der Waals surface area contributed by atoms with E-state index in [1.165, 1.54) is 35.9 Å². The Kier molecular flexibility index (Phi) is 9.31. The van der Waals surface area contributed by atoms with Crippen molar-refractivity contribution < 1.29 is 13.5 Å². The molecule has 6 nitrogen and oxygen atoms in total. The normalized spacial score (nSPS) is 11.8. The Labute approximate surface area is 210 Å². The summed E-state index contributed by atoms with van der Waals surface area (Å²) < 4.78 is 35.5. The summed E-state index contributed by atoms with van der Waals surface area (Å²) in [6.07, 6.45) is 6.42. The number of methoxy groups -OCH3 is 1. The van der Waals surface area contributed by atoms with Crippen LogP contribution in [0.5, 0.6) is 5.75 Å². The van der Waals surface area contributed by atoms with Crippen molar-refractivity contribution in [3.63, 3.8) is 0 Å². The summed E-state index contributed by atoms with van der Waals surface area (Å²) in [7, 11) is 2.99. The van der Waals surface area contributed by atoms with Crippen LogP contribution in [0, 0.1) is 23.0 Å². The molecule has 0 aliphatic heterocycles. The molecule has 0 bridgehead atoms. The molecule has 2 N–H and O–H groups in total. The number of rotatable bonds is 11. The zero-order valence-electron chi connectivity index (χ0n) is 21.0. The fourth-order valence-electron chi connectivity index (χ4n) is 4.16. The first kappa shape index (κ1) is 27.0. The van der Waals surface area contributed by atoms with Gasteiger partial charge in [0.1, 0.15) is 17.7 Å². The Balaban J connectivity index is 2.00. The summed E-state index contributed by atoms with van der Waals surface area (Å²) in [5, 5.41) is 9.10. The molecule has 0 aliphatic rings. The van der Waals surface area contributed by atoms with Crippen molar-refractivity contribution in [2.75, 3.05) is 7.11 Å². The lowest BCUT2D eigenvalue weighted by atomic mass is 9.98. The highest BCUT2D eigenvalue weighted by Crippen LogP contribution is 2.31. The van der Waals surface area contributed by atoms with E-state index in [4.69, 9.17) is 20.7 Å². The fourth-order valence-corrected chi connectivity index (χ4v) is 4.16. The molecule has 0 amide bonds. The molecule has 0 spiro atoms. The van der Waals surface area contributed by atoms with E-state index in [2.05, 4.69) is 6.92 Å². The van der Waals surface area contributed by atoms with Crippen LogP contribution >= 0.6 is 0 Å². The van der Waals surface area contributed by atoms with E-state index in [0.717, 1.165) is 38.5 Å². The Bertz CT molecular complexity index is 1310. The van der Waals surface area contributed by atoms with Crippen LogP contribution in [0.15, 0.2) is 41.2 Å². The van der Waals surface area contributed by atoms with Crippen LogP contribution < -0.4 is 16.0 Å². The minimum atomic E-state index is -0.712. The Morgan fingerprint density at radius 2 is 1.78 bits per heavy atom. The van der Waals surface area contributed by atoms with Crippen LogP contribution in [-0.2, 0) is 13.5 Å². The second kappa shape index (κ2) is 12.4.